The largest absolute Gasteiger partial charge is 0.481 e. The topological polar surface area (TPSA) is 76.1 Å². The number of methoxy groups -OCH3 is 1. The minimum Gasteiger partial charge on any atom is -0.481 e. The van der Waals surface area contributed by atoms with E-state index < -0.39 is 0 Å². The summed E-state index contributed by atoms with van der Waals surface area (Å²) in [6, 6.07) is 5.59. The number of ether oxygens (including phenoxy) is 1. The van der Waals surface area contributed by atoms with E-state index in [2.05, 4.69) is 20.6 Å². The molecule has 1 amide bonds. The van der Waals surface area contributed by atoms with Gasteiger partial charge in [0, 0.05) is 31.5 Å². The number of amides is 1. The van der Waals surface area contributed by atoms with Crippen molar-refractivity contribution in [1.29, 1.82) is 0 Å². The summed E-state index contributed by atoms with van der Waals surface area (Å²) in [4.78, 5) is 20.1. The van der Waals surface area contributed by atoms with Crippen molar-refractivity contribution in [1.82, 2.24) is 15.3 Å². The predicted molar refractivity (Wildman–Crippen MR) is 73.5 cm³/mol. The summed E-state index contributed by atoms with van der Waals surface area (Å²) in [6.07, 6.45) is 3.39. The van der Waals surface area contributed by atoms with Crippen LogP contribution in [-0.2, 0) is 13.1 Å². The molecule has 102 valence electrons. The lowest BCUT2D eigenvalue weighted by Crippen LogP contribution is -2.14. The van der Waals surface area contributed by atoms with Gasteiger partial charge in [-0.1, -0.05) is 0 Å². The molecule has 0 saturated carbocycles. The SMILES string of the molecule is COc1cc(CNc2nccc3c2C(=O)NC3)ccn1. The van der Waals surface area contributed by atoms with Crippen LogP contribution in [-0.4, -0.2) is 23.0 Å². The molecule has 1 aliphatic heterocycles. The monoisotopic (exact) mass is 270 g/mol. The quantitative estimate of drug-likeness (QED) is 0.876. The molecule has 0 spiro atoms. The minimum absolute atomic E-state index is 0.0806. The lowest BCUT2D eigenvalue weighted by atomic mass is 10.1. The van der Waals surface area contributed by atoms with Crippen molar-refractivity contribution in [2.24, 2.45) is 0 Å². The Hall–Kier alpha value is -2.63. The maximum Gasteiger partial charge on any atom is 0.255 e. The van der Waals surface area contributed by atoms with Crippen molar-refractivity contribution in [2.45, 2.75) is 13.1 Å². The van der Waals surface area contributed by atoms with E-state index >= 15 is 0 Å². The molecule has 3 heterocycles. The van der Waals surface area contributed by atoms with Gasteiger partial charge in [0.15, 0.2) is 0 Å². The second-order valence-electron chi connectivity index (χ2n) is 4.44. The van der Waals surface area contributed by atoms with Gasteiger partial charge in [-0.05, 0) is 23.3 Å². The molecular weight excluding hydrogens is 256 g/mol. The first-order valence-corrected chi connectivity index (χ1v) is 6.27. The molecule has 2 N–H and O–H groups in total. The van der Waals surface area contributed by atoms with Gasteiger partial charge in [-0.15, -0.1) is 0 Å². The third-order valence-corrected chi connectivity index (χ3v) is 3.17. The Morgan fingerprint density at radius 1 is 1.35 bits per heavy atom. The molecule has 2 aromatic heterocycles. The molecule has 0 radical (unpaired) electrons. The first-order valence-electron chi connectivity index (χ1n) is 6.27. The van der Waals surface area contributed by atoms with Crippen molar-refractivity contribution in [2.75, 3.05) is 12.4 Å². The average molecular weight is 270 g/mol. The fraction of sp³-hybridized carbons (Fsp3) is 0.214. The molecule has 0 aromatic carbocycles. The third kappa shape index (κ3) is 2.27. The molecule has 0 saturated heterocycles. The highest BCUT2D eigenvalue weighted by atomic mass is 16.5. The highest BCUT2D eigenvalue weighted by Gasteiger charge is 2.22. The van der Waals surface area contributed by atoms with Crippen LogP contribution in [0.15, 0.2) is 30.6 Å². The molecule has 0 bridgehead atoms. The van der Waals surface area contributed by atoms with Gasteiger partial charge in [0.05, 0.1) is 12.7 Å². The molecule has 0 unspecified atom stereocenters. The van der Waals surface area contributed by atoms with Crippen LogP contribution in [0.5, 0.6) is 5.88 Å². The van der Waals surface area contributed by atoms with Gasteiger partial charge in [-0.2, -0.15) is 0 Å². The zero-order valence-electron chi connectivity index (χ0n) is 11.0. The highest BCUT2D eigenvalue weighted by molar-refractivity contribution is 6.02. The van der Waals surface area contributed by atoms with E-state index in [9.17, 15) is 4.79 Å². The van der Waals surface area contributed by atoms with E-state index in [0.717, 1.165) is 11.1 Å². The fourth-order valence-electron chi connectivity index (χ4n) is 2.16. The zero-order valence-corrected chi connectivity index (χ0v) is 11.0. The fourth-order valence-corrected chi connectivity index (χ4v) is 2.16. The van der Waals surface area contributed by atoms with Crippen molar-refractivity contribution in [3.05, 3.63) is 47.3 Å². The summed E-state index contributed by atoms with van der Waals surface area (Å²) in [7, 11) is 1.58. The Morgan fingerprint density at radius 3 is 3.05 bits per heavy atom. The molecule has 0 atom stereocenters. The molecule has 0 fully saturated rings. The number of anilines is 1. The van der Waals surface area contributed by atoms with Crippen molar-refractivity contribution in [3.63, 3.8) is 0 Å². The summed E-state index contributed by atoms with van der Waals surface area (Å²) in [5, 5.41) is 5.98. The molecule has 6 nitrogen and oxygen atoms in total. The lowest BCUT2D eigenvalue weighted by molar-refractivity contribution is 0.0966. The van der Waals surface area contributed by atoms with Crippen molar-refractivity contribution >= 4 is 11.7 Å². The molecule has 0 aliphatic carbocycles. The molecule has 3 rings (SSSR count). The maximum absolute atomic E-state index is 11.8. The summed E-state index contributed by atoms with van der Waals surface area (Å²) in [5.41, 5.74) is 2.61. The summed E-state index contributed by atoms with van der Waals surface area (Å²) in [6.45, 7) is 1.12. The van der Waals surface area contributed by atoms with Gasteiger partial charge < -0.3 is 15.4 Å². The average Bonchev–Trinajstić information content (AvgIpc) is 2.88. The van der Waals surface area contributed by atoms with Gasteiger partial charge in [0.1, 0.15) is 5.82 Å². The van der Waals surface area contributed by atoms with E-state index in [1.165, 1.54) is 0 Å². The highest BCUT2D eigenvalue weighted by Crippen LogP contribution is 2.22. The van der Waals surface area contributed by atoms with E-state index in [0.29, 0.717) is 30.4 Å². The maximum atomic E-state index is 11.8. The summed E-state index contributed by atoms with van der Waals surface area (Å²) in [5.74, 6) is 1.09. The van der Waals surface area contributed by atoms with Crippen LogP contribution in [0.4, 0.5) is 5.82 Å². The number of carbonyl (C=O) groups is 1. The van der Waals surface area contributed by atoms with Crippen LogP contribution in [0.25, 0.3) is 0 Å². The zero-order chi connectivity index (χ0) is 13.9. The number of hydrogen-bond donors (Lipinski definition) is 2. The number of fused-ring (bicyclic) bond motifs is 1. The van der Waals surface area contributed by atoms with Crippen LogP contribution < -0.4 is 15.4 Å². The van der Waals surface area contributed by atoms with Gasteiger partial charge in [0.25, 0.3) is 5.91 Å². The first kappa shape index (κ1) is 12.4. The van der Waals surface area contributed by atoms with Crippen LogP contribution >= 0.6 is 0 Å². The Balaban J connectivity index is 1.79. The van der Waals surface area contributed by atoms with Crippen LogP contribution in [0.2, 0.25) is 0 Å². The Morgan fingerprint density at radius 2 is 2.20 bits per heavy atom. The minimum atomic E-state index is -0.0806. The second-order valence-corrected chi connectivity index (χ2v) is 4.44. The second kappa shape index (κ2) is 5.16. The number of aromatic nitrogens is 2. The number of pyridine rings is 2. The Labute approximate surface area is 116 Å². The molecule has 6 heteroatoms. The van der Waals surface area contributed by atoms with E-state index in [1.54, 1.807) is 19.5 Å². The molecule has 20 heavy (non-hydrogen) atoms. The molecular formula is C14H14N4O2. The van der Waals surface area contributed by atoms with Crippen molar-refractivity contribution < 1.29 is 9.53 Å². The Bertz CT molecular complexity index is 657. The molecule has 1 aliphatic rings. The predicted octanol–water partition coefficient (Wildman–Crippen LogP) is 1.34. The van der Waals surface area contributed by atoms with Gasteiger partial charge in [-0.25, -0.2) is 9.97 Å². The number of rotatable bonds is 4. The number of hydrogen-bond acceptors (Lipinski definition) is 5. The van der Waals surface area contributed by atoms with Gasteiger partial charge >= 0.3 is 0 Å². The number of nitrogens with one attached hydrogen (secondary N) is 2. The standard InChI is InChI=1S/C14H14N4O2/c1-20-11-6-9(2-4-15-11)7-17-13-12-10(3-5-16-13)8-18-14(12)19/h2-6H,7-8H2,1H3,(H,16,17)(H,18,19). The van der Waals surface area contributed by atoms with Crippen LogP contribution in [0.3, 0.4) is 0 Å². The lowest BCUT2D eigenvalue weighted by Gasteiger charge is -2.09. The van der Waals surface area contributed by atoms with Gasteiger partial charge in [0.2, 0.25) is 5.88 Å². The smallest absolute Gasteiger partial charge is 0.255 e. The van der Waals surface area contributed by atoms with E-state index in [1.807, 2.05) is 18.2 Å². The summed E-state index contributed by atoms with van der Waals surface area (Å²) < 4.78 is 5.08. The van der Waals surface area contributed by atoms with Crippen LogP contribution in [0, 0.1) is 0 Å². The molecule has 2 aromatic rings. The van der Waals surface area contributed by atoms with E-state index in [4.69, 9.17) is 4.74 Å². The normalized spacial score (nSPS) is 12.8. The van der Waals surface area contributed by atoms with Crippen molar-refractivity contribution in [3.8, 4) is 5.88 Å². The summed E-state index contributed by atoms with van der Waals surface area (Å²) >= 11 is 0. The Kier molecular flexibility index (Phi) is 3.20. The third-order valence-electron chi connectivity index (χ3n) is 3.17. The van der Waals surface area contributed by atoms with E-state index in [-0.39, 0.29) is 5.91 Å². The number of carbonyl (C=O) groups excluding carboxylic acids is 1. The first-order chi connectivity index (χ1) is 9.78. The van der Waals surface area contributed by atoms with Gasteiger partial charge in [-0.3, -0.25) is 4.79 Å². The number of nitrogens with zero attached hydrogens (tertiary/aromatic N) is 2. The van der Waals surface area contributed by atoms with Crippen LogP contribution in [0.1, 0.15) is 21.5 Å².